The second-order valence-corrected chi connectivity index (χ2v) is 9.03. The molecule has 5 N–H and O–H groups in total. The zero-order chi connectivity index (χ0) is 31.8. The van der Waals surface area contributed by atoms with Gasteiger partial charge in [-0.05, 0) is 59.9 Å². The van der Waals surface area contributed by atoms with Crippen LogP contribution in [0.3, 0.4) is 0 Å². The molecular weight excluding hydrogens is 576 g/mol. The number of carbonyl (C=O) groups is 4. The molecule has 2 amide bonds. The number of hydrogen-bond donors (Lipinski definition) is 5. The smallest absolute Gasteiger partial charge is 0.481 e. The number of nitrogens with one attached hydrogen (secondary N) is 3. The summed E-state index contributed by atoms with van der Waals surface area (Å²) in [5.74, 6) is -4.15. The van der Waals surface area contributed by atoms with E-state index in [0.717, 1.165) is 23.4 Å². The number of pyridine rings is 1. The summed E-state index contributed by atoms with van der Waals surface area (Å²) in [6.07, 6.45) is -2.03. The van der Waals surface area contributed by atoms with Crippen molar-refractivity contribution >= 4 is 29.6 Å². The van der Waals surface area contributed by atoms with Crippen LogP contribution in [0.25, 0.3) is 11.1 Å². The predicted octanol–water partition coefficient (Wildman–Crippen LogP) is 4.55. The van der Waals surface area contributed by atoms with E-state index in [4.69, 9.17) is 9.90 Å². The summed E-state index contributed by atoms with van der Waals surface area (Å²) in [4.78, 5) is 49.0. The number of anilines is 1. The lowest BCUT2D eigenvalue weighted by molar-refractivity contribution is -0.192. The largest absolute Gasteiger partial charge is 0.490 e. The second-order valence-electron chi connectivity index (χ2n) is 9.03. The molecule has 3 aromatic rings. The van der Waals surface area contributed by atoms with Crippen molar-refractivity contribution in [3.8, 4) is 11.1 Å². The molecule has 1 heterocycles. The first-order valence-electron chi connectivity index (χ1n) is 12.9. The topological polar surface area (TPSA) is 158 Å². The number of hydrogen-bond acceptors (Lipinski definition) is 6. The molecule has 43 heavy (non-hydrogen) atoms. The number of alkyl halides is 3. The van der Waals surface area contributed by atoms with Crippen LogP contribution in [0.2, 0.25) is 0 Å². The maximum atomic E-state index is 13.2. The molecule has 0 aliphatic carbocycles. The quantitative estimate of drug-likeness (QED) is 0.140. The Bertz CT molecular complexity index is 1360. The summed E-state index contributed by atoms with van der Waals surface area (Å²) < 4.78 is 45.0. The summed E-state index contributed by atoms with van der Waals surface area (Å²) in [5, 5.41) is 24.9. The minimum Gasteiger partial charge on any atom is -0.481 e. The van der Waals surface area contributed by atoms with Crippen molar-refractivity contribution in [1.29, 1.82) is 0 Å². The number of nitrogens with zero attached hydrogens (tertiary/aromatic N) is 1. The molecule has 3 rings (SSSR count). The zero-order valence-electron chi connectivity index (χ0n) is 22.7. The van der Waals surface area contributed by atoms with Crippen LogP contribution in [0.15, 0.2) is 72.9 Å². The fraction of sp³-hybridized carbons (Fsp3) is 0.276. The SMILES string of the molecule is O=C(O)C(F)(F)F.O=C(O)CC(NC(=O)CNC(=O)CCCCNc1ccccn1)c1cccc(-c2ccc(F)cc2)c1. The van der Waals surface area contributed by atoms with Crippen LogP contribution in [-0.4, -0.2) is 58.2 Å². The van der Waals surface area contributed by atoms with Crippen molar-refractivity contribution < 1.29 is 47.0 Å². The number of amides is 2. The molecule has 0 radical (unpaired) electrons. The molecule has 1 unspecified atom stereocenters. The molecule has 0 aliphatic rings. The summed E-state index contributed by atoms with van der Waals surface area (Å²) in [5.41, 5.74) is 2.13. The molecular formula is C29H30F4N4O6. The van der Waals surface area contributed by atoms with Gasteiger partial charge in [0.2, 0.25) is 11.8 Å². The predicted molar refractivity (Wildman–Crippen MR) is 148 cm³/mol. The Balaban J connectivity index is 0.000000821. The lowest BCUT2D eigenvalue weighted by atomic mass is 9.97. The average Bonchev–Trinajstić information content (AvgIpc) is 2.96. The maximum Gasteiger partial charge on any atom is 0.490 e. The second kappa shape index (κ2) is 17.1. The molecule has 2 aromatic carbocycles. The number of rotatable bonds is 13. The molecule has 0 saturated heterocycles. The molecule has 0 saturated carbocycles. The van der Waals surface area contributed by atoms with Gasteiger partial charge in [-0.1, -0.05) is 36.4 Å². The van der Waals surface area contributed by atoms with E-state index < -0.39 is 30.1 Å². The molecule has 0 bridgehead atoms. The number of benzene rings is 2. The summed E-state index contributed by atoms with van der Waals surface area (Å²) in [6, 6.07) is 17.8. The number of halogens is 4. The van der Waals surface area contributed by atoms with Crippen molar-refractivity contribution in [2.45, 2.75) is 37.9 Å². The van der Waals surface area contributed by atoms with E-state index in [1.807, 2.05) is 24.3 Å². The Kier molecular flexibility index (Phi) is 13.6. The Morgan fingerprint density at radius 1 is 0.860 bits per heavy atom. The van der Waals surface area contributed by atoms with Gasteiger partial charge in [-0.25, -0.2) is 14.2 Å². The molecule has 230 valence electrons. The third kappa shape index (κ3) is 13.5. The Labute approximate surface area is 244 Å². The molecule has 10 nitrogen and oxygen atoms in total. The van der Waals surface area contributed by atoms with E-state index in [9.17, 15) is 37.1 Å². The number of aliphatic carboxylic acids is 2. The highest BCUT2D eigenvalue weighted by atomic mass is 19.4. The molecule has 0 spiro atoms. The lowest BCUT2D eigenvalue weighted by Crippen LogP contribution is -2.39. The minimum atomic E-state index is -5.08. The van der Waals surface area contributed by atoms with Gasteiger partial charge in [-0.15, -0.1) is 0 Å². The fourth-order valence-electron chi connectivity index (χ4n) is 3.61. The highest BCUT2D eigenvalue weighted by Gasteiger charge is 2.38. The first-order chi connectivity index (χ1) is 20.3. The average molecular weight is 607 g/mol. The fourth-order valence-corrected chi connectivity index (χ4v) is 3.61. The summed E-state index contributed by atoms with van der Waals surface area (Å²) in [6.45, 7) is 0.428. The first-order valence-corrected chi connectivity index (χ1v) is 12.9. The Hall–Kier alpha value is -5.01. The molecule has 1 aromatic heterocycles. The van der Waals surface area contributed by atoms with Crippen molar-refractivity contribution in [2.24, 2.45) is 0 Å². The third-order valence-electron chi connectivity index (χ3n) is 5.67. The molecule has 1 atom stereocenters. The zero-order valence-corrected chi connectivity index (χ0v) is 22.7. The van der Waals surface area contributed by atoms with Crippen molar-refractivity contribution in [2.75, 3.05) is 18.4 Å². The van der Waals surface area contributed by atoms with Crippen LogP contribution in [0, 0.1) is 5.82 Å². The van der Waals surface area contributed by atoms with E-state index in [1.54, 1.807) is 36.5 Å². The lowest BCUT2D eigenvalue weighted by Gasteiger charge is -2.19. The minimum absolute atomic E-state index is 0.251. The highest BCUT2D eigenvalue weighted by molar-refractivity contribution is 5.85. The summed E-state index contributed by atoms with van der Waals surface area (Å²) in [7, 11) is 0. The van der Waals surface area contributed by atoms with Crippen LogP contribution < -0.4 is 16.0 Å². The van der Waals surface area contributed by atoms with E-state index in [1.165, 1.54) is 12.1 Å². The van der Waals surface area contributed by atoms with E-state index in [-0.39, 0.29) is 31.1 Å². The van der Waals surface area contributed by atoms with Crippen molar-refractivity contribution in [1.82, 2.24) is 15.6 Å². The van der Waals surface area contributed by atoms with Crippen molar-refractivity contribution in [3.05, 3.63) is 84.3 Å². The van der Waals surface area contributed by atoms with Crippen LogP contribution >= 0.6 is 0 Å². The van der Waals surface area contributed by atoms with Gasteiger partial charge in [0.1, 0.15) is 11.6 Å². The van der Waals surface area contributed by atoms with Gasteiger partial charge in [0, 0.05) is 19.2 Å². The molecule has 0 aliphatic heterocycles. The monoisotopic (exact) mass is 606 g/mol. The van der Waals surface area contributed by atoms with Crippen LogP contribution in [0.1, 0.15) is 37.3 Å². The van der Waals surface area contributed by atoms with Crippen LogP contribution in [0.5, 0.6) is 0 Å². The molecule has 0 fully saturated rings. The summed E-state index contributed by atoms with van der Waals surface area (Å²) >= 11 is 0. The van der Waals surface area contributed by atoms with E-state index >= 15 is 0 Å². The van der Waals surface area contributed by atoms with Gasteiger partial charge in [-0.3, -0.25) is 14.4 Å². The maximum absolute atomic E-state index is 13.2. The molecule has 14 heteroatoms. The highest BCUT2D eigenvalue weighted by Crippen LogP contribution is 2.25. The normalized spacial score (nSPS) is 11.3. The Morgan fingerprint density at radius 2 is 1.56 bits per heavy atom. The number of aromatic nitrogens is 1. The van der Waals surface area contributed by atoms with Gasteiger partial charge in [0.05, 0.1) is 19.0 Å². The van der Waals surface area contributed by atoms with E-state index in [2.05, 4.69) is 20.9 Å². The first kappa shape index (κ1) is 34.2. The Morgan fingerprint density at radius 3 is 2.16 bits per heavy atom. The van der Waals surface area contributed by atoms with Gasteiger partial charge in [0.25, 0.3) is 0 Å². The number of carboxylic acid groups (broad SMARTS) is 2. The van der Waals surface area contributed by atoms with Crippen LogP contribution in [-0.2, 0) is 19.2 Å². The van der Waals surface area contributed by atoms with E-state index in [0.29, 0.717) is 18.5 Å². The van der Waals surface area contributed by atoms with Crippen LogP contribution in [0.4, 0.5) is 23.4 Å². The number of carboxylic acids is 2. The van der Waals surface area contributed by atoms with Gasteiger partial charge >= 0.3 is 18.1 Å². The number of unbranched alkanes of at least 4 members (excludes halogenated alkanes) is 1. The standard InChI is InChI=1S/C27H29FN4O4.C2HF3O2/c28-22-12-10-19(11-13-22)20-6-5-7-21(16-20)23(17-27(35)36)32-26(34)18-31-25(33)9-2-4-15-30-24-8-1-3-14-29-24;3-2(4,5)1(6)7/h1,3,5-8,10-14,16,23H,2,4,9,15,17-18H2,(H,29,30)(H,31,33)(H,32,34)(H,35,36);(H,6,7). The number of carbonyl (C=O) groups excluding carboxylic acids is 2. The van der Waals surface area contributed by atoms with Crippen molar-refractivity contribution in [3.63, 3.8) is 0 Å². The third-order valence-corrected chi connectivity index (χ3v) is 5.67. The van der Waals surface area contributed by atoms with Gasteiger partial charge in [-0.2, -0.15) is 13.2 Å². The van der Waals surface area contributed by atoms with Gasteiger partial charge in [0.15, 0.2) is 0 Å². The van der Waals surface area contributed by atoms with Gasteiger partial charge < -0.3 is 26.2 Å².